The predicted octanol–water partition coefficient (Wildman–Crippen LogP) is 3.34. The zero-order valence-electron chi connectivity index (χ0n) is 15.2. The van der Waals surface area contributed by atoms with Crippen molar-refractivity contribution in [1.82, 2.24) is 9.80 Å². The van der Waals surface area contributed by atoms with Gasteiger partial charge in [-0.3, -0.25) is 9.69 Å². The number of nitrogens with zero attached hydrogens (tertiary/aromatic N) is 2. The van der Waals surface area contributed by atoms with E-state index in [1.54, 1.807) is 36.8 Å². The second-order valence-corrected chi connectivity index (χ2v) is 8.37. The molecular weight excluding hydrogens is 348 g/mol. The van der Waals surface area contributed by atoms with Gasteiger partial charge in [0.25, 0.3) is 5.91 Å². The lowest BCUT2D eigenvalue weighted by molar-refractivity contribution is 0.0306. The van der Waals surface area contributed by atoms with Crippen LogP contribution in [0.4, 0.5) is 0 Å². The summed E-state index contributed by atoms with van der Waals surface area (Å²) in [7, 11) is 1.80. The largest absolute Gasteiger partial charge is 0.459 e. The van der Waals surface area contributed by atoms with E-state index in [1.165, 1.54) is 5.56 Å². The number of carbonyl (C=O) groups excluding carboxylic acids is 1. The molecule has 4 heterocycles. The van der Waals surface area contributed by atoms with Crippen LogP contribution >= 0.6 is 11.3 Å². The van der Waals surface area contributed by atoms with E-state index < -0.39 is 0 Å². The Morgan fingerprint density at radius 2 is 2.23 bits per heavy atom. The highest BCUT2D eigenvalue weighted by Gasteiger charge is 2.48. The first kappa shape index (κ1) is 17.8. The summed E-state index contributed by atoms with van der Waals surface area (Å²) in [5.41, 5.74) is 1.65. The Morgan fingerprint density at radius 3 is 2.88 bits per heavy atom. The molecule has 0 radical (unpaired) electrons. The number of piperidine rings is 1. The SMILES string of the molecule is COC[C@@H]1CN(Cc2ccsc2)CC12CCN(C(=O)c1ccco1)CC2. The van der Waals surface area contributed by atoms with E-state index in [9.17, 15) is 4.79 Å². The lowest BCUT2D eigenvalue weighted by atomic mass is 9.71. The Hall–Kier alpha value is -1.63. The Kier molecular flexibility index (Phi) is 5.16. The lowest BCUT2D eigenvalue weighted by Gasteiger charge is -2.42. The molecule has 1 amide bonds. The number of rotatable bonds is 5. The molecule has 2 aromatic heterocycles. The van der Waals surface area contributed by atoms with Gasteiger partial charge in [-0.25, -0.2) is 0 Å². The number of furan rings is 1. The summed E-state index contributed by atoms with van der Waals surface area (Å²) in [5.74, 6) is 0.994. The second kappa shape index (κ2) is 7.55. The van der Waals surface area contributed by atoms with Crippen molar-refractivity contribution >= 4 is 17.2 Å². The fraction of sp³-hybridized carbons (Fsp3) is 0.550. The minimum Gasteiger partial charge on any atom is -0.459 e. The Balaban J connectivity index is 1.42. The summed E-state index contributed by atoms with van der Waals surface area (Å²) in [4.78, 5) is 17.1. The van der Waals surface area contributed by atoms with Gasteiger partial charge in [0.05, 0.1) is 12.9 Å². The van der Waals surface area contributed by atoms with E-state index in [1.807, 2.05) is 4.90 Å². The van der Waals surface area contributed by atoms with Gasteiger partial charge in [0.2, 0.25) is 0 Å². The fourth-order valence-corrected chi connectivity index (χ4v) is 5.27. The maximum Gasteiger partial charge on any atom is 0.289 e. The molecule has 1 spiro atoms. The molecule has 2 fully saturated rings. The van der Waals surface area contributed by atoms with E-state index in [4.69, 9.17) is 9.15 Å². The summed E-state index contributed by atoms with van der Waals surface area (Å²) in [6, 6.07) is 5.73. The number of ether oxygens (including phenoxy) is 1. The standard InChI is InChI=1S/C20H26N2O3S/c1-24-13-17-12-21(11-16-4-10-26-14-16)15-20(17)5-7-22(8-6-20)19(23)18-3-2-9-25-18/h2-4,9-10,14,17H,5-8,11-13,15H2,1H3/t17-/m0/s1. The van der Waals surface area contributed by atoms with Crippen molar-refractivity contribution in [2.24, 2.45) is 11.3 Å². The summed E-state index contributed by atoms with van der Waals surface area (Å²) in [6.07, 6.45) is 3.63. The van der Waals surface area contributed by atoms with Gasteiger partial charge in [0, 0.05) is 45.8 Å². The maximum atomic E-state index is 12.5. The van der Waals surface area contributed by atoms with E-state index in [0.29, 0.717) is 11.7 Å². The van der Waals surface area contributed by atoms with Crippen LogP contribution in [0.3, 0.4) is 0 Å². The summed E-state index contributed by atoms with van der Waals surface area (Å²) in [5, 5.41) is 4.38. The maximum absolute atomic E-state index is 12.5. The van der Waals surface area contributed by atoms with Crippen molar-refractivity contribution in [2.45, 2.75) is 19.4 Å². The summed E-state index contributed by atoms with van der Waals surface area (Å²) < 4.78 is 10.8. The summed E-state index contributed by atoms with van der Waals surface area (Å²) in [6.45, 7) is 5.58. The van der Waals surface area contributed by atoms with Crippen molar-refractivity contribution < 1.29 is 13.9 Å². The first-order chi connectivity index (χ1) is 12.7. The number of likely N-dealkylation sites (tertiary alicyclic amines) is 2. The van der Waals surface area contributed by atoms with E-state index in [2.05, 4.69) is 21.7 Å². The average Bonchev–Trinajstić information content (AvgIpc) is 3.39. The average molecular weight is 375 g/mol. The number of carbonyl (C=O) groups is 1. The molecule has 140 valence electrons. The lowest BCUT2D eigenvalue weighted by Crippen LogP contribution is -2.47. The molecule has 0 N–H and O–H groups in total. The molecular formula is C20H26N2O3S. The highest BCUT2D eigenvalue weighted by molar-refractivity contribution is 7.07. The molecule has 5 nitrogen and oxygen atoms in total. The van der Waals surface area contributed by atoms with Crippen LogP contribution in [0.2, 0.25) is 0 Å². The number of hydrogen-bond donors (Lipinski definition) is 0. The number of hydrogen-bond acceptors (Lipinski definition) is 5. The van der Waals surface area contributed by atoms with Crippen LogP contribution in [0, 0.1) is 11.3 Å². The van der Waals surface area contributed by atoms with Crippen LogP contribution in [0.25, 0.3) is 0 Å². The molecule has 0 unspecified atom stereocenters. The van der Waals surface area contributed by atoms with Gasteiger partial charge >= 0.3 is 0 Å². The minimum atomic E-state index is 0.0151. The van der Waals surface area contributed by atoms with Gasteiger partial charge < -0.3 is 14.1 Å². The Bertz CT molecular complexity index is 706. The van der Waals surface area contributed by atoms with Crippen LogP contribution in [0.15, 0.2) is 39.6 Å². The van der Waals surface area contributed by atoms with Crippen LogP contribution < -0.4 is 0 Å². The fourth-order valence-electron chi connectivity index (χ4n) is 4.61. The highest BCUT2D eigenvalue weighted by Crippen LogP contribution is 2.45. The van der Waals surface area contributed by atoms with Crippen molar-refractivity contribution in [3.05, 3.63) is 46.5 Å². The number of amides is 1. The van der Waals surface area contributed by atoms with E-state index in [-0.39, 0.29) is 11.3 Å². The molecule has 0 aliphatic carbocycles. The van der Waals surface area contributed by atoms with Crippen molar-refractivity contribution in [2.75, 3.05) is 39.9 Å². The molecule has 6 heteroatoms. The molecule has 0 saturated carbocycles. The molecule has 2 aromatic rings. The van der Waals surface area contributed by atoms with Crippen LogP contribution in [0.5, 0.6) is 0 Å². The quantitative estimate of drug-likeness (QED) is 0.805. The Labute approximate surface area is 158 Å². The molecule has 1 atom stereocenters. The number of thiophene rings is 1. The molecule has 26 heavy (non-hydrogen) atoms. The van der Waals surface area contributed by atoms with Gasteiger partial charge in [-0.15, -0.1) is 0 Å². The third-order valence-electron chi connectivity index (χ3n) is 6.02. The van der Waals surface area contributed by atoms with Gasteiger partial charge in [-0.2, -0.15) is 11.3 Å². The number of methoxy groups -OCH3 is 1. The van der Waals surface area contributed by atoms with Gasteiger partial charge in [-0.05, 0) is 52.8 Å². The smallest absolute Gasteiger partial charge is 0.289 e. The Morgan fingerprint density at radius 1 is 1.38 bits per heavy atom. The normalized spacial score (nSPS) is 23.0. The van der Waals surface area contributed by atoms with Crippen molar-refractivity contribution in [3.63, 3.8) is 0 Å². The zero-order valence-corrected chi connectivity index (χ0v) is 16.0. The molecule has 2 saturated heterocycles. The summed E-state index contributed by atoms with van der Waals surface area (Å²) >= 11 is 1.76. The van der Waals surface area contributed by atoms with Gasteiger partial charge in [0.1, 0.15) is 0 Å². The first-order valence-corrected chi connectivity index (χ1v) is 10.2. The molecule has 0 aromatic carbocycles. The van der Waals surface area contributed by atoms with E-state index in [0.717, 1.165) is 52.2 Å². The minimum absolute atomic E-state index is 0.0151. The zero-order chi connectivity index (χ0) is 18.0. The molecule has 0 bridgehead atoms. The molecule has 4 rings (SSSR count). The third-order valence-corrected chi connectivity index (χ3v) is 6.75. The van der Waals surface area contributed by atoms with Crippen molar-refractivity contribution in [3.8, 4) is 0 Å². The first-order valence-electron chi connectivity index (χ1n) is 9.25. The monoisotopic (exact) mass is 374 g/mol. The van der Waals surface area contributed by atoms with Crippen molar-refractivity contribution in [1.29, 1.82) is 0 Å². The topological polar surface area (TPSA) is 45.9 Å². The third kappa shape index (κ3) is 3.46. The highest BCUT2D eigenvalue weighted by atomic mass is 32.1. The predicted molar refractivity (Wildman–Crippen MR) is 101 cm³/mol. The van der Waals surface area contributed by atoms with Crippen LogP contribution in [0.1, 0.15) is 29.0 Å². The molecule has 2 aliphatic rings. The van der Waals surface area contributed by atoms with Gasteiger partial charge in [-0.1, -0.05) is 0 Å². The van der Waals surface area contributed by atoms with Gasteiger partial charge in [0.15, 0.2) is 5.76 Å². The molecule has 2 aliphatic heterocycles. The second-order valence-electron chi connectivity index (χ2n) is 7.59. The van der Waals surface area contributed by atoms with Crippen LogP contribution in [-0.4, -0.2) is 55.6 Å². The van der Waals surface area contributed by atoms with Crippen LogP contribution in [-0.2, 0) is 11.3 Å². The van der Waals surface area contributed by atoms with E-state index >= 15 is 0 Å².